The lowest BCUT2D eigenvalue weighted by Gasteiger charge is -2.13. The van der Waals surface area contributed by atoms with Gasteiger partial charge >= 0.3 is 5.97 Å². The lowest BCUT2D eigenvalue weighted by molar-refractivity contribution is -0.158. The van der Waals surface area contributed by atoms with Gasteiger partial charge in [-0.15, -0.1) is 0 Å². The first kappa shape index (κ1) is 13.0. The molecule has 0 aliphatic rings. The van der Waals surface area contributed by atoms with Crippen molar-refractivity contribution in [3.63, 3.8) is 0 Å². The molecule has 0 saturated carbocycles. The fraction of sp³-hybridized carbons (Fsp3) is 0.417. The molecule has 1 aromatic carbocycles. The molecule has 0 aliphatic carbocycles. The van der Waals surface area contributed by atoms with Gasteiger partial charge in [0.15, 0.2) is 11.7 Å². The molecular formula is C12H15ClO3. The molecule has 1 unspecified atom stereocenters. The number of benzene rings is 1. The lowest BCUT2D eigenvalue weighted by atomic mass is 10.2. The van der Waals surface area contributed by atoms with Crippen molar-refractivity contribution in [3.05, 3.63) is 35.9 Å². The van der Waals surface area contributed by atoms with Crippen molar-refractivity contribution in [2.75, 3.05) is 0 Å². The van der Waals surface area contributed by atoms with Gasteiger partial charge in [-0.05, 0) is 19.4 Å². The average Bonchev–Trinajstić information content (AvgIpc) is 2.26. The summed E-state index contributed by atoms with van der Waals surface area (Å²) in [4.78, 5) is 11.3. The Bertz CT molecular complexity index is 324. The van der Waals surface area contributed by atoms with Crippen LogP contribution < -0.4 is 0 Å². The Labute approximate surface area is 100 Å². The Morgan fingerprint density at radius 2 is 1.94 bits per heavy atom. The van der Waals surface area contributed by atoms with Gasteiger partial charge in [0.25, 0.3) is 0 Å². The van der Waals surface area contributed by atoms with E-state index in [0.29, 0.717) is 6.61 Å². The molecular weight excluding hydrogens is 228 g/mol. The van der Waals surface area contributed by atoms with Crippen molar-refractivity contribution in [1.82, 2.24) is 0 Å². The number of hydrogen-bond acceptors (Lipinski definition) is 3. The zero-order valence-corrected chi connectivity index (χ0v) is 10.1. The van der Waals surface area contributed by atoms with Gasteiger partial charge < -0.3 is 9.47 Å². The highest BCUT2D eigenvalue weighted by atomic mass is 35.5. The summed E-state index contributed by atoms with van der Waals surface area (Å²) in [6.07, 6.45) is -0.610. The number of rotatable bonds is 5. The molecule has 0 fully saturated rings. The maximum absolute atomic E-state index is 11.3. The minimum atomic E-state index is -0.629. The summed E-state index contributed by atoms with van der Waals surface area (Å²) in [6.45, 7) is 3.61. The molecule has 4 heteroatoms. The Morgan fingerprint density at radius 3 is 2.50 bits per heavy atom. The molecule has 16 heavy (non-hydrogen) atoms. The Balaban J connectivity index is 2.35. The van der Waals surface area contributed by atoms with Crippen LogP contribution in [-0.2, 0) is 20.9 Å². The number of halogens is 1. The predicted octanol–water partition coefficient (Wildman–Crippen LogP) is 2.72. The van der Waals surface area contributed by atoms with Crippen molar-refractivity contribution in [3.8, 4) is 0 Å². The smallest absolute Gasteiger partial charge is 0.336 e. The van der Waals surface area contributed by atoms with Gasteiger partial charge in [-0.3, -0.25) is 0 Å². The van der Waals surface area contributed by atoms with Crippen molar-refractivity contribution >= 4 is 17.6 Å². The van der Waals surface area contributed by atoms with Crippen LogP contribution in [0.4, 0.5) is 0 Å². The molecule has 0 bridgehead atoms. The minimum Gasteiger partial charge on any atom is -0.444 e. The minimum absolute atomic E-state index is 0.383. The number of carbonyl (C=O) groups excluding carboxylic acids is 1. The van der Waals surface area contributed by atoms with Crippen LogP contribution >= 0.6 is 11.6 Å². The average molecular weight is 243 g/mol. The van der Waals surface area contributed by atoms with Crippen LogP contribution in [0.2, 0.25) is 0 Å². The molecule has 0 heterocycles. The van der Waals surface area contributed by atoms with Gasteiger partial charge in [0.1, 0.15) is 0 Å². The third kappa shape index (κ3) is 4.64. The number of alkyl halides is 1. The third-order valence-corrected chi connectivity index (χ3v) is 2.04. The van der Waals surface area contributed by atoms with Crippen LogP contribution in [-0.4, -0.2) is 17.6 Å². The molecule has 88 valence electrons. The Hall–Kier alpha value is -1.06. The number of hydrogen-bond donors (Lipinski definition) is 0. The molecule has 0 aliphatic heterocycles. The van der Waals surface area contributed by atoms with E-state index in [1.807, 2.05) is 30.3 Å². The van der Waals surface area contributed by atoms with Crippen molar-refractivity contribution < 1.29 is 14.3 Å². The van der Waals surface area contributed by atoms with Gasteiger partial charge in [0.05, 0.1) is 6.61 Å². The molecule has 0 N–H and O–H groups in total. The number of esters is 1. The van der Waals surface area contributed by atoms with Gasteiger partial charge in [-0.1, -0.05) is 41.9 Å². The summed E-state index contributed by atoms with van der Waals surface area (Å²) in [7, 11) is 0. The quantitative estimate of drug-likeness (QED) is 0.588. The van der Waals surface area contributed by atoms with Crippen LogP contribution in [0.1, 0.15) is 19.4 Å². The van der Waals surface area contributed by atoms with Crippen LogP contribution in [0.25, 0.3) is 0 Å². The van der Waals surface area contributed by atoms with Crippen LogP contribution in [0.15, 0.2) is 30.3 Å². The Morgan fingerprint density at radius 1 is 1.31 bits per heavy atom. The first-order chi connectivity index (χ1) is 7.59. The largest absolute Gasteiger partial charge is 0.444 e. The summed E-state index contributed by atoms with van der Waals surface area (Å²) >= 11 is 5.54. The number of ether oxygens (including phenoxy) is 2. The van der Waals surface area contributed by atoms with Gasteiger partial charge in [-0.2, -0.15) is 0 Å². The molecule has 1 aromatic rings. The van der Waals surface area contributed by atoms with Gasteiger partial charge in [-0.25, -0.2) is 4.79 Å². The number of carbonyl (C=O) groups is 1. The van der Waals surface area contributed by atoms with E-state index in [1.165, 1.54) is 0 Å². The van der Waals surface area contributed by atoms with E-state index in [4.69, 9.17) is 21.1 Å². The monoisotopic (exact) mass is 242 g/mol. The van der Waals surface area contributed by atoms with Crippen molar-refractivity contribution in [2.24, 2.45) is 0 Å². The zero-order valence-electron chi connectivity index (χ0n) is 9.35. The summed E-state index contributed by atoms with van der Waals surface area (Å²) in [5.74, 6) is -0.446. The van der Waals surface area contributed by atoms with E-state index in [0.717, 1.165) is 5.56 Å². The summed E-state index contributed by atoms with van der Waals surface area (Å²) < 4.78 is 10.2. The van der Waals surface area contributed by atoms with E-state index in [-0.39, 0.29) is 0 Å². The van der Waals surface area contributed by atoms with Gasteiger partial charge in [0.2, 0.25) is 0 Å². The molecule has 0 saturated heterocycles. The highest BCUT2D eigenvalue weighted by Crippen LogP contribution is 2.06. The summed E-state index contributed by atoms with van der Waals surface area (Å²) in [5.41, 5.74) is 0.386. The third-order valence-electron chi connectivity index (χ3n) is 1.95. The van der Waals surface area contributed by atoms with E-state index in [9.17, 15) is 4.79 Å². The van der Waals surface area contributed by atoms with E-state index < -0.39 is 17.6 Å². The molecule has 1 rings (SSSR count). The molecule has 0 radical (unpaired) electrons. The van der Waals surface area contributed by atoms with Crippen LogP contribution in [0.3, 0.4) is 0 Å². The standard InChI is InChI=1S/C12H15ClO3/c1-9(12(14)16-10(2)13)15-8-11-6-4-3-5-7-11/h3-7,9-10H,8H2,1-2H3/t9-,10?/m1/s1. The molecule has 2 atom stereocenters. The topological polar surface area (TPSA) is 35.5 Å². The maximum atomic E-state index is 11.3. The zero-order chi connectivity index (χ0) is 12.0. The SMILES string of the molecule is CC(Cl)OC(=O)[C@@H](C)OCc1ccccc1. The highest BCUT2D eigenvalue weighted by Gasteiger charge is 2.16. The summed E-state index contributed by atoms with van der Waals surface area (Å²) in [5, 5.41) is 0. The van der Waals surface area contributed by atoms with E-state index >= 15 is 0 Å². The fourth-order valence-electron chi connectivity index (χ4n) is 1.12. The van der Waals surface area contributed by atoms with Crippen LogP contribution in [0, 0.1) is 0 Å². The molecule has 0 aromatic heterocycles. The second-order valence-electron chi connectivity index (χ2n) is 3.42. The van der Waals surface area contributed by atoms with E-state index in [1.54, 1.807) is 13.8 Å². The maximum Gasteiger partial charge on any atom is 0.336 e. The molecule has 3 nitrogen and oxygen atoms in total. The highest BCUT2D eigenvalue weighted by molar-refractivity contribution is 6.20. The second kappa shape index (κ2) is 6.51. The normalized spacial score (nSPS) is 14.2. The van der Waals surface area contributed by atoms with Crippen molar-refractivity contribution in [2.45, 2.75) is 32.1 Å². The first-order valence-electron chi connectivity index (χ1n) is 5.09. The predicted molar refractivity (Wildman–Crippen MR) is 62.1 cm³/mol. The van der Waals surface area contributed by atoms with Crippen molar-refractivity contribution in [1.29, 1.82) is 0 Å². The first-order valence-corrected chi connectivity index (χ1v) is 5.53. The fourth-order valence-corrected chi connectivity index (χ4v) is 1.21. The summed E-state index contributed by atoms with van der Waals surface area (Å²) in [6, 6.07) is 9.63. The lowest BCUT2D eigenvalue weighted by Crippen LogP contribution is -2.25. The second-order valence-corrected chi connectivity index (χ2v) is 4.03. The Kier molecular flexibility index (Phi) is 5.29. The van der Waals surface area contributed by atoms with Gasteiger partial charge in [0, 0.05) is 0 Å². The van der Waals surface area contributed by atoms with Crippen LogP contribution in [0.5, 0.6) is 0 Å². The molecule has 0 spiro atoms. The molecule has 0 amide bonds. The van der Waals surface area contributed by atoms with E-state index in [2.05, 4.69) is 0 Å².